The minimum atomic E-state index is -1.26. The van der Waals surface area contributed by atoms with E-state index in [-0.39, 0.29) is 5.16 Å². The Hall–Kier alpha value is -3.12. The molecule has 2 aromatic heterocycles. The fourth-order valence-electron chi connectivity index (χ4n) is 2.88. The highest BCUT2D eigenvalue weighted by Gasteiger charge is 2.14. The summed E-state index contributed by atoms with van der Waals surface area (Å²) in [5, 5.41) is 2.40. The first-order valence-corrected chi connectivity index (χ1v) is 9.97. The van der Waals surface area contributed by atoms with Crippen molar-refractivity contribution in [2.45, 2.75) is 12.1 Å². The molecule has 0 aliphatic rings. The number of aryl methyl sites for hydroxylation is 1. The van der Waals surface area contributed by atoms with Crippen LogP contribution in [0.25, 0.3) is 22.0 Å². The van der Waals surface area contributed by atoms with Gasteiger partial charge in [-0.2, -0.15) is 0 Å². The number of fused-ring (bicyclic) bond motifs is 1. The van der Waals surface area contributed by atoms with Crippen LogP contribution >= 0.6 is 0 Å². The molecule has 0 aliphatic carbocycles. The lowest BCUT2D eigenvalue weighted by Crippen LogP contribution is -1.99. The Bertz CT molecular complexity index is 1160. The van der Waals surface area contributed by atoms with Crippen molar-refractivity contribution in [1.29, 1.82) is 0 Å². The Morgan fingerprint density at radius 1 is 0.926 bits per heavy atom. The van der Waals surface area contributed by atoms with E-state index >= 15 is 0 Å². The predicted octanol–water partition coefficient (Wildman–Crippen LogP) is 4.53. The number of pyridine rings is 1. The van der Waals surface area contributed by atoms with Crippen molar-refractivity contribution >= 4 is 21.6 Å². The van der Waals surface area contributed by atoms with E-state index in [1.54, 1.807) is 24.7 Å². The highest BCUT2D eigenvalue weighted by Crippen LogP contribution is 2.36. The van der Waals surface area contributed by atoms with Gasteiger partial charge in [-0.15, -0.1) is 0 Å². The molecular formula is C21H17N3O2S. The molecular weight excluding hydrogens is 358 g/mol. The normalized spacial score (nSPS) is 12.1. The van der Waals surface area contributed by atoms with Crippen LogP contribution in [0.2, 0.25) is 0 Å². The van der Waals surface area contributed by atoms with Crippen molar-refractivity contribution in [2.75, 3.05) is 6.26 Å². The van der Waals surface area contributed by atoms with Gasteiger partial charge in [-0.3, -0.25) is 4.21 Å². The van der Waals surface area contributed by atoms with Crippen LogP contribution in [0.5, 0.6) is 11.6 Å². The smallest absolute Gasteiger partial charge is 0.228 e. The fourth-order valence-corrected chi connectivity index (χ4v) is 3.32. The number of rotatable bonds is 4. The molecule has 27 heavy (non-hydrogen) atoms. The molecule has 0 N–H and O–H groups in total. The van der Waals surface area contributed by atoms with Gasteiger partial charge in [-0.1, -0.05) is 36.4 Å². The molecule has 0 spiro atoms. The van der Waals surface area contributed by atoms with Crippen LogP contribution in [-0.2, 0) is 10.8 Å². The lowest BCUT2D eigenvalue weighted by atomic mass is 10.1. The van der Waals surface area contributed by atoms with Crippen LogP contribution in [0.15, 0.2) is 72.1 Å². The number of hydrogen-bond acceptors (Lipinski definition) is 5. The predicted molar refractivity (Wildman–Crippen MR) is 106 cm³/mol. The van der Waals surface area contributed by atoms with Crippen molar-refractivity contribution in [3.8, 4) is 22.9 Å². The molecule has 1 unspecified atom stereocenters. The zero-order valence-electron chi connectivity index (χ0n) is 14.9. The van der Waals surface area contributed by atoms with Crippen LogP contribution in [-0.4, -0.2) is 25.4 Å². The molecule has 1 atom stereocenters. The van der Waals surface area contributed by atoms with Gasteiger partial charge in [-0.05, 0) is 36.1 Å². The van der Waals surface area contributed by atoms with E-state index in [1.807, 2.05) is 49.4 Å². The summed E-state index contributed by atoms with van der Waals surface area (Å²) in [4.78, 5) is 12.9. The summed E-state index contributed by atoms with van der Waals surface area (Å²) in [5.41, 5.74) is 2.36. The van der Waals surface area contributed by atoms with E-state index in [0.717, 1.165) is 27.6 Å². The lowest BCUT2D eigenvalue weighted by molar-refractivity contribution is 0.466. The summed E-state index contributed by atoms with van der Waals surface area (Å²) in [6.45, 7) is 2.01. The molecule has 0 amide bonds. The molecule has 0 fully saturated rings. The largest absolute Gasteiger partial charge is 0.437 e. The van der Waals surface area contributed by atoms with E-state index in [1.165, 1.54) is 0 Å². The molecule has 2 aromatic carbocycles. The van der Waals surface area contributed by atoms with E-state index in [9.17, 15) is 4.21 Å². The van der Waals surface area contributed by atoms with Gasteiger partial charge in [0.15, 0.2) is 0 Å². The molecule has 0 saturated carbocycles. The molecule has 134 valence electrons. The molecule has 4 rings (SSSR count). The molecule has 5 nitrogen and oxygen atoms in total. The third-order valence-electron chi connectivity index (χ3n) is 4.21. The van der Waals surface area contributed by atoms with Crippen molar-refractivity contribution in [1.82, 2.24) is 15.0 Å². The summed E-state index contributed by atoms with van der Waals surface area (Å²) in [7, 11) is -1.26. The highest BCUT2D eigenvalue weighted by atomic mass is 32.2. The van der Waals surface area contributed by atoms with Gasteiger partial charge >= 0.3 is 0 Å². The average molecular weight is 375 g/mol. The second kappa shape index (κ2) is 7.25. The summed E-state index contributed by atoms with van der Waals surface area (Å²) < 4.78 is 18.0. The van der Waals surface area contributed by atoms with Gasteiger partial charge < -0.3 is 4.74 Å². The minimum absolute atomic E-state index is 0.281. The van der Waals surface area contributed by atoms with Crippen molar-refractivity contribution in [2.24, 2.45) is 0 Å². The Balaban J connectivity index is 1.83. The van der Waals surface area contributed by atoms with Crippen LogP contribution in [0, 0.1) is 6.92 Å². The number of ether oxygens (including phenoxy) is 1. The zero-order chi connectivity index (χ0) is 18.8. The molecule has 0 radical (unpaired) electrons. The molecule has 6 heteroatoms. The third kappa shape index (κ3) is 3.44. The van der Waals surface area contributed by atoms with Crippen LogP contribution in [0.1, 0.15) is 5.56 Å². The molecule has 4 aromatic rings. The minimum Gasteiger partial charge on any atom is -0.437 e. The Morgan fingerprint density at radius 3 is 2.63 bits per heavy atom. The standard InChI is InChI=1S/C21H17N3O2S/c1-14-9-10-15-6-3-4-7-16(15)19(14)26-20-17(8-5-12-22-20)18-11-13-23-21(24-18)27(2)25/h3-13H,1-2H3. The van der Waals surface area contributed by atoms with E-state index < -0.39 is 10.8 Å². The maximum Gasteiger partial charge on any atom is 0.228 e. The van der Waals surface area contributed by atoms with E-state index in [0.29, 0.717) is 11.6 Å². The molecule has 0 bridgehead atoms. The van der Waals surface area contributed by atoms with Crippen LogP contribution in [0.3, 0.4) is 0 Å². The van der Waals surface area contributed by atoms with Gasteiger partial charge in [0.1, 0.15) is 5.75 Å². The first-order valence-electron chi connectivity index (χ1n) is 8.41. The van der Waals surface area contributed by atoms with Crippen molar-refractivity contribution < 1.29 is 8.95 Å². The van der Waals surface area contributed by atoms with Gasteiger partial charge in [0, 0.05) is 24.0 Å². The first-order chi connectivity index (χ1) is 13.1. The van der Waals surface area contributed by atoms with Gasteiger partial charge in [0.25, 0.3) is 0 Å². The lowest BCUT2D eigenvalue weighted by Gasteiger charge is -2.14. The maximum atomic E-state index is 11.7. The van der Waals surface area contributed by atoms with Gasteiger partial charge in [0.2, 0.25) is 11.0 Å². The SMILES string of the molecule is Cc1ccc2ccccc2c1Oc1ncccc1-c1ccnc(S(C)=O)n1. The second-order valence-corrected chi connectivity index (χ2v) is 7.34. The van der Waals surface area contributed by atoms with Crippen LogP contribution < -0.4 is 4.74 Å². The summed E-state index contributed by atoms with van der Waals surface area (Å²) in [6.07, 6.45) is 4.83. The number of aromatic nitrogens is 3. The average Bonchev–Trinajstić information content (AvgIpc) is 2.70. The fraction of sp³-hybridized carbons (Fsp3) is 0.0952. The monoisotopic (exact) mass is 375 g/mol. The number of benzene rings is 2. The zero-order valence-corrected chi connectivity index (χ0v) is 15.7. The summed E-state index contributed by atoms with van der Waals surface area (Å²) in [6, 6.07) is 17.6. The topological polar surface area (TPSA) is 65.0 Å². The maximum absolute atomic E-state index is 11.7. The third-order valence-corrected chi connectivity index (χ3v) is 4.92. The van der Waals surface area contributed by atoms with E-state index in [2.05, 4.69) is 21.0 Å². The molecule has 0 saturated heterocycles. The van der Waals surface area contributed by atoms with Gasteiger partial charge in [0.05, 0.1) is 22.1 Å². The Kier molecular flexibility index (Phi) is 4.64. The number of hydrogen-bond donors (Lipinski definition) is 0. The summed E-state index contributed by atoms with van der Waals surface area (Å²) in [5.74, 6) is 1.21. The van der Waals surface area contributed by atoms with E-state index in [4.69, 9.17) is 4.74 Å². The Labute approximate surface area is 159 Å². The van der Waals surface area contributed by atoms with Crippen molar-refractivity contribution in [3.05, 3.63) is 72.6 Å². The second-order valence-electron chi connectivity index (χ2n) is 6.07. The number of nitrogens with zero attached hydrogens (tertiary/aromatic N) is 3. The molecule has 2 heterocycles. The first kappa shape index (κ1) is 17.3. The van der Waals surface area contributed by atoms with Crippen molar-refractivity contribution in [3.63, 3.8) is 0 Å². The molecule has 0 aliphatic heterocycles. The Morgan fingerprint density at radius 2 is 1.78 bits per heavy atom. The summed E-state index contributed by atoms with van der Waals surface area (Å²) >= 11 is 0. The highest BCUT2D eigenvalue weighted by molar-refractivity contribution is 7.84. The quantitative estimate of drug-likeness (QED) is 0.490. The van der Waals surface area contributed by atoms with Crippen LogP contribution in [0.4, 0.5) is 0 Å². The van der Waals surface area contributed by atoms with Gasteiger partial charge in [-0.25, -0.2) is 15.0 Å².